The molecule has 0 amide bonds. The molecule has 12 heteroatoms. The lowest BCUT2D eigenvalue weighted by atomic mass is 10.0. The Labute approximate surface area is 233 Å². The minimum atomic E-state index is -3.43. The van der Waals surface area contributed by atoms with Crippen LogP contribution in [0.3, 0.4) is 0 Å². The molecular formula is C28H33F2N7O2S. The first kappa shape index (κ1) is 28.1. The molecule has 0 aliphatic carbocycles. The minimum absolute atomic E-state index is 0.0184. The molecule has 4 atom stereocenters. The second kappa shape index (κ2) is 11.2. The van der Waals surface area contributed by atoms with Gasteiger partial charge in [0.15, 0.2) is 0 Å². The Morgan fingerprint density at radius 2 is 1.95 bits per heavy atom. The lowest BCUT2D eigenvalue weighted by molar-refractivity contribution is 0.175. The topological polar surface area (TPSA) is 105 Å². The molecule has 40 heavy (non-hydrogen) atoms. The van der Waals surface area contributed by atoms with Gasteiger partial charge in [-0.3, -0.25) is 4.90 Å². The molecule has 9 nitrogen and oxygen atoms in total. The number of nitrogens with one attached hydrogen (secondary N) is 1. The number of nitriles is 1. The Balaban J connectivity index is 1.31. The number of halogens is 2. The maximum absolute atomic E-state index is 14.9. The molecule has 2 saturated heterocycles. The van der Waals surface area contributed by atoms with Crippen LogP contribution in [0.15, 0.2) is 42.7 Å². The third kappa shape index (κ3) is 5.73. The fourth-order valence-electron chi connectivity index (χ4n) is 5.63. The van der Waals surface area contributed by atoms with Crippen LogP contribution in [0, 0.1) is 17.1 Å². The number of pyridine rings is 2. The second-order valence-electron chi connectivity index (χ2n) is 10.7. The molecule has 3 aromatic rings. The molecule has 0 bridgehead atoms. The molecule has 1 N–H and O–H groups in total. The number of aromatic nitrogens is 2. The molecule has 0 saturated carbocycles. The van der Waals surface area contributed by atoms with Crippen LogP contribution in [0.5, 0.6) is 0 Å². The van der Waals surface area contributed by atoms with Gasteiger partial charge < -0.3 is 10.2 Å². The molecule has 4 heterocycles. The van der Waals surface area contributed by atoms with E-state index in [1.807, 2.05) is 31.2 Å². The molecule has 0 unspecified atom stereocenters. The lowest BCUT2D eigenvalue weighted by Gasteiger charge is -2.43. The molecule has 2 aliphatic rings. The van der Waals surface area contributed by atoms with Gasteiger partial charge in [-0.15, -0.1) is 0 Å². The van der Waals surface area contributed by atoms with E-state index in [1.54, 1.807) is 12.4 Å². The van der Waals surface area contributed by atoms with Gasteiger partial charge in [0.1, 0.15) is 29.7 Å². The summed E-state index contributed by atoms with van der Waals surface area (Å²) in [6.07, 6.45) is 3.58. The van der Waals surface area contributed by atoms with E-state index in [0.717, 1.165) is 41.5 Å². The van der Waals surface area contributed by atoms with Crippen molar-refractivity contribution in [2.45, 2.75) is 44.6 Å². The van der Waals surface area contributed by atoms with Crippen LogP contribution in [0.1, 0.15) is 37.4 Å². The number of sulfonamides is 1. The quantitative estimate of drug-likeness (QED) is 0.479. The number of piperazine rings is 1. The molecule has 2 aromatic heterocycles. The van der Waals surface area contributed by atoms with Gasteiger partial charge in [0, 0.05) is 68.0 Å². The van der Waals surface area contributed by atoms with Gasteiger partial charge >= 0.3 is 0 Å². The van der Waals surface area contributed by atoms with Crippen molar-refractivity contribution in [2.75, 3.05) is 49.2 Å². The van der Waals surface area contributed by atoms with Crippen molar-refractivity contribution in [3.05, 3.63) is 59.7 Å². The Bertz CT molecular complexity index is 1550. The summed E-state index contributed by atoms with van der Waals surface area (Å²) in [5, 5.41) is 14.0. The molecule has 5 rings (SSSR count). The summed E-state index contributed by atoms with van der Waals surface area (Å²) < 4.78 is 53.9. The third-order valence-electron chi connectivity index (χ3n) is 8.01. The van der Waals surface area contributed by atoms with Crippen LogP contribution in [0.4, 0.5) is 20.4 Å². The number of rotatable bonds is 6. The van der Waals surface area contributed by atoms with Crippen molar-refractivity contribution in [2.24, 2.45) is 0 Å². The highest BCUT2D eigenvalue weighted by Crippen LogP contribution is 2.32. The zero-order valence-corrected chi connectivity index (χ0v) is 23.6. The first-order valence-corrected chi connectivity index (χ1v) is 15.2. The molecule has 2 fully saturated rings. The van der Waals surface area contributed by atoms with E-state index in [9.17, 15) is 17.2 Å². The van der Waals surface area contributed by atoms with Gasteiger partial charge in [0.2, 0.25) is 10.0 Å². The van der Waals surface area contributed by atoms with Crippen LogP contribution in [0.25, 0.3) is 10.8 Å². The standard InChI is InChI=1S/C28H33F2N7O2S/c1-18-16-35(19(2)20-4-5-21(14-31)24(29)12-20)10-11-37(18)28-23-13-27(33-15-22(23)6-8-32-28)34-26-7-9-36(17-25(26)30)40(3,38)39/h4-6,8,12-13,15,18-19,25-26H,7,9-11,16-17H2,1-3H3,(H,33,34)/t18-,19-,25+,26+/m0/s1. The number of hydrogen-bond acceptors (Lipinski definition) is 8. The molecular weight excluding hydrogens is 536 g/mol. The summed E-state index contributed by atoms with van der Waals surface area (Å²) in [7, 11) is -3.43. The SMILES string of the molecule is C[C@@H](c1ccc(C#N)c(F)c1)N1CCN(c2nccc3cnc(N[C@@H]4CCN(S(C)(=O)=O)C[C@H]4F)cc23)[C@@H](C)C1. The summed E-state index contributed by atoms with van der Waals surface area (Å²) in [5.74, 6) is 0.831. The summed E-state index contributed by atoms with van der Waals surface area (Å²) in [6.45, 7) is 6.43. The van der Waals surface area contributed by atoms with Gasteiger partial charge in [-0.05, 0) is 50.1 Å². The summed E-state index contributed by atoms with van der Waals surface area (Å²) in [4.78, 5) is 13.7. The maximum atomic E-state index is 14.9. The van der Waals surface area contributed by atoms with Gasteiger partial charge in [0.25, 0.3) is 0 Å². The first-order valence-electron chi connectivity index (χ1n) is 13.4. The van der Waals surface area contributed by atoms with Crippen LogP contribution in [-0.2, 0) is 10.0 Å². The van der Waals surface area contributed by atoms with Gasteiger partial charge in [0.05, 0.1) is 17.9 Å². The normalized spacial score (nSPS) is 23.6. The maximum Gasteiger partial charge on any atom is 0.211 e. The molecule has 0 spiro atoms. The number of nitrogens with zero attached hydrogens (tertiary/aromatic N) is 6. The van der Waals surface area contributed by atoms with Crippen molar-refractivity contribution in [1.82, 2.24) is 19.2 Å². The zero-order chi connectivity index (χ0) is 28.6. The van der Waals surface area contributed by atoms with Crippen molar-refractivity contribution in [3.8, 4) is 6.07 Å². The van der Waals surface area contributed by atoms with E-state index in [4.69, 9.17) is 10.2 Å². The number of anilines is 2. The highest BCUT2D eigenvalue weighted by atomic mass is 32.2. The number of piperidine rings is 1. The highest BCUT2D eigenvalue weighted by molar-refractivity contribution is 7.88. The number of alkyl halides is 1. The summed E-state index contributed by atoms with van der Waals surface area (Å²) in [5.41, 5.74) is 0.872. The monoisotopic (exact) mass is 569 g/mol. The number of hydrogen-bond donors (Lipinski definition) is 1. The molecule has 0 radical (unpaired) electrons. The van der Waals surface area contributed by atoms with Crippen molar-refractivity contribution in [1.29, 1.82) is 5.26 Å². The van der Waals surface area contributed by atoms with Crippen molar-refractivity contribution >= 4 is 32.4 Å². The molecule has 212 valence electrons. The van der Waals surface area contributed by atoms with E-state index in [-0.39, 0.29) is 30.7 Å². The number of fused-ring (bicyclic) bond motifs is 1. The highest BCUT2D eigenvalue weighted by Gasteiger charge is 2.34. The Kier molecular flexibility index (Phi) is 7.90. The average molecular weight is 570 g/mol. The zero-order valence-electron chi connectivity index (χ0n) is 22.8. The van der Waals surface area contributed by atoms with Gasteiger partial charge in [-0.1, -0.05) is 6.07 Å². The van der Waals surface area contributed by atoms with E-state index in [0.29, 0.717) is 18.8 Å². The summed E-state index contributed by atoms with van der Waals surface area (Å²) in [6, 6.07) is 9.97. The molecule has 2 aliphatic heterocycles. The van der Waals surface area contributed by atoms with Crippen LogP contribution >= 0.6 is 0 Å². The van der Waals surface area contributed by atoms with Crippen LogP contribution in [0.2, 0.25) is 0 Å². The molecule has 1 aromatic carbocycles. The summed E-state index contributed by atoms with van der Waals surface area (Å²) >= 11 is 0. The fraction of sp³-hybridized carbons (Fsp3) is 0.464. The largest absolute Gasteiger partial charge is 0.364 e. The Morgan fingerprint density at radius 3 is 2.62 bits per heavy atom. The third-order valence-corrected chi connectivity index (χ3v) is 9.28. The lowest BCUT2D eigenvalue weighted by Crippen LogP contribution is -2.52. The van der Waals surface area contributed by atoms with E-state index < -0.39 is 28.1 Å². The van der Waals surface area contributed by atoms with Crippen LogP contribution < -0.4 is 10.2 Å². The Morgan fingerprint density at radius 1 is 1.15 bits per heavy atom. The first-order chi connectivity index (χ1) is 19.0. The smallest absolute Gasteiger partial charge is 0.211 e. The second-order valence-corrected chi connectivity index (χ2v) is 12.6. The van der Waals surface area contributed by atoms with Gasteiger partial charge in [-0.2, -0.15) is 9.57 Å². The minimum Gasteiger partial charge on any atom is -0.364 e. The predicted molar refractivity (Wildman–Crippen MR) is 151 cm³/mol. The van der Waals surface area contributed by atoms with Crippen molar-refractivity contribution < 1.29 is 17.2 Å². The fourth-order valence-corrected chi connectivity index (χ4v) is 6.48. The van der Waals surface area contributed by atoms with Gasteiger partial charge in [-0.25, -0.2) is 27.2 Å². The van der Waals surface area contributed by atoms with E-state index in [2.05, 4.69) is 27.0 Å². The average Bonchev–Trinajstić information content (AvgIpc) is 2.93. The van der Waals surface area contributed by atoms with Crippen LogP contribution in [-0.4, -0.2) is 84.8 Å². The van der Waals surface area contributed by atoms with Crippen molar-refractivity contribution in [3.63, 3.8) is 0 Å². The predicted octanol–water partition coefficient (Wildman–Crippen LogP) is 3.70. The van der Waals surface area contributed by atoms with E-state index >= 15 is 0 Å². The number of benzene rings is 1. The van der Waals surface area contributed by atoms with E-state index in [1.165, 1.54) is 16.4 Å². The Hall–Kier alpha value is -3.40.